The number of aromatic nitrogens is 3. The molecule has 3 aromatic rings. The van der Waals surface area contributed by atoms with Crippen LogP contribution in [0.1, 0.15) is 27.7 Å². The van der Waals surface area contributed by atoms with Crippen LogP contribution in [0, 0.1) is 6.92 Å². The molecule has 7 nitrogen and oxygen atoms in total. The van der Waals surface area contributed by atoms with Gasteiger partial charge >= 0.3 is 0 Å². The Bertz CT molecular complexity index is 1180. The monoisotopic (exact) mass is 436 g/mol. The Hall–Kier alpha value is -2.07. The molecule has 0 saturated heterocycles. The van der Waals surface area contributed by atoms with Gasteiger partial charge in [-0.15, -0.1) is 21.5 Å². The molecule has 1 aliphatic heterocycles. The Morgan fingerprint density at radius 1 is 1.25 bits per heavy atom. The van der Waals surface area contributed by atoms with E-state index in [4.69, 9.17) is 20.8 Å². The number of rotatable bonds is 5. The summed E-state index contributed by atoms with van der Waals surface area (Å²) in [7, 11) is -3.47. The first-order valence-electron chi connectivity index (χ1n) is 8.51. The van der Waals surface area contributed by atoms with Crippen molar-refractivity contribution in [2.24, 2.45) is 4.99 Å². The molecule has 1 aromatic carbocycles. The highest BCUT2D eigenvalue weighted by molar-refractivity contribution is 7.85. The van der Waals surface area contributed by atoms with Gasteiger partial charge in [0.25, 0.3) is 10.1 Å². The van der Waals surface area contributed by atoms with Gasteiger partial charge in [-0.05, 0) is 19.1 Å². The number of nitrogens with zero attached hydrogens (tertiary/aromatic N) is 4. The fraction of sp³-hybridized carbons (Fsp3) is 0.278. The van der Waals surface area contributed by atoms with Crippen LogP contribution in [0.3, 0.4) is 0 Å². The molecule has 0 atom stereocenters. The number of benzene rings is 1. The van der Waals surface area contributed by atoms with Gasteiger partial charge in [0.2, 0.25) is 0 Å². The smallest absolute Gasteiger partial charge is 0.264 e. The maximum atomic E-state index is 11.2. The van der Waals surface area contributed by atoms with E-state index in [9.17, 15) is 8.42 Å². The van der Waals surface area contributed by atoms with Crippen LogP contribution in [0.4, 0.5) is 0 Å². The van der Waals surface area contributed by atoms with Gasteiger partial charge in [-0.1, -0.05) is 29.8 Å². The van der Waals surface area contributed by atoms with E-state index < -0.39 is 10.1 Å². The van der Waals surface area contributed by atoms with Gasteiger partial charge in [-0.3, -0.25) is 13.7 Å². The molecule has 10 heteroatoms. The standard InChI is InChI=1S/C18H17ClN4O3S2/c1-11-21-22-16-10-20-17(13-5-3-4-6-15(13)19)14-9-12(27-18(14)23(11)16)7-8-26-28(2,24)25/h3-6,9H,7-8,10H2,1-2H3. The highest BCUT2D eigenvalue weighted by atomic mass is 35.5. The minimum Gasteiger partial charge on any atom is -0.276 e. The van der Waals surface area contributed by atoms with Crippen LogP contribution in [0.5, 0.6) is 0 Å². The Balaban J connectivity index is 1.80. The van der Waals surface area contributed by atoms with Crippen molar-refractivity contribution in [3.63, 3.8) is 0 Å². The van der Waals surface area contributed by atoms with Crippen LogP contribution < -0.4 is 0 Å². The third kappa shape index (κ3) is 3.75. The fourth-order valence-corrected chi connectivity index (χ4v) is 4.89. The van der Waals surface area contributed by atoms with E-state index in [1.54, 1.807) is 11.3 Å². The van der Waals surface area contributed by atoms with Crippen molar-refractivity contribution in [3.8, 4) is 5.00 Å². The zero-order chi connectivity index (χ0) is 19.9. The lowest BCUT2D eigenvalue weighted by Crippen LogP contribution is -2.06. The molecule has 0 amide bonds. The number of hydrogen-bond acceptors (Lipinski definition) is 7. The van der Waals surface area contributed by atoms with Crippen molar-refractivity contribution in [2.45, 2.75) is 19.9 Å². The van der Waals surface area contributed by atoms with E-state index in [1.807, 2.05) is 41.8 Å². The van der Waals surface area contributed by atoms with Gasteiger partial charge in [0.1, 0.15) is 17.4 Å². The number of halogens is 1. The summed E-state index contributed by atoms with van der Waals surface area (Å²) in [5.74, 6) is 1.52. The SMILES string of the molecule is Cc1nnc2n1-c1sc(CCOS(C)(=O)=O)cc1C(c1ccccc1Cl)=NC2. The second kappa shape index (κ2) is 7.40. The molecule has 0 bridgehead atoms. The number of aryl methyl sites for hydroxylation is 1. The highest BCUT2D eigenvalue weighted by Gasteiger charge is 2.25. The molecule has 0 saturated carbocycles. The van der Waals surface area contributed by atoms with Crippen molar-refractivity contribution in [1.29, 1.82) is 0 Å². The Morgan fingerprint density at radius 2 is 2.04 bits per heavy atom. The molecular weight excluding hydrogens is 420 g/mol. The van der Waals surface area contributed by atoms with Crippen LogP contribution in [0.15, 0.2) is 35.3 Å². The lowest BCUT2D eigenvalue weighted by Gasteiger charge is -2.08. The lowest BCUT2D eigenvalue weighted by molar-refractivity contribution is 0.327. The van der Waals surface area contributed by atoms with Crippen molar-refractivity contribution >= 4 is 38.8 Å². The van der Waals surface area contributed by atoms with E-state index in [-0.39, 0.29) is 6.61 Å². The second-order valence-corrected chi connectivity index (χ2v) is 9.52. The third-order valence-corrected chi connectivity index (χ3v) is 6.37. The summed E-state index contributed by atoms with van der Waals surface area (Å²) < 4.78 is 29.4. The molecule has 0 radical (unpaired) electrons. The average Bonchev–Trinajstić information content (AvgIpc) is 3.15. The lowest BCUT2D eigenvalue weighted by atomic mass is 10.0. The molecular formula is C18H17ClN4O3S2. The average molecular weight is 437 g/mol. The molecule has 0 fully saturated rings. The Kier molecular flexibility index (Phi) is 5.09. The summed E-state index contributed by atoms with van der Waals surface area (Å²) >= 11 is 7.98. The zero-order valence-corrected chi connectivity index (χ0v) is 17.6. The zero-order valence-electron chi connectivity index (χ0n) is 15.2. The number of hydrogen-bond donors (Lipinski definition) is 0. The van der Waals surface area contributed by atoms with Gasteiger partial charge in [0.15, 0.2) is 5.82 Å². The molecule has 4 rings (SSSR count). The number of thiophene rings is 1. The fourth-order valence-electron chi connectivity index (χ4n) is 3.08. The van der Waals surface area contributed by atoms with E-state index in [0.717, 1.165) is 44.6 Å². The molecule has 28 heavy (non-hydrogen) atoms. The Labute approximate surface area is 171 Å². The van der Waals surface area contributed by atoms with Crippen LogP contribution in [0.2, 0.25) is 5.02 Å². The van der Waals surface area contributed by atoms with Crippen LogP contribution in [0.25, 0.3) is 5.00 Å². The predicted octanol–water partition coefficient (Wildman–Crippen LogP) is 3.16. The van der Waals surface area contributed by atoms with Gasteiger partial charge in [-0.25, -0.2) is 0 Å². The maximum Gasteiger partial charge on any atom is 0.264 e. The van der Waals surface area contributed by atoms with E-state index in [0.29, 0.717) is 18.0 Å². The molecule has 1 aliphatic rings. The largest absolute Gasteiger partial charge is 0.276 e. The normalized spacial score (nSPS) is 13.6. The number of fused-ring (bicyclic) bond motifs is 3. The van der Waals surface area contributed by atoms with E-state index in [1.165, 1.54) is 0 Å². The first-order valence-corrected chi connectivity index (χ1v) is 11.5. The molecule has 0 N–H and O–H groups in total. The molecule has 0 aliphatic carbocycles. The predicted molar refractivity (Wildman–Crippen MR) is 109 cm³/mol. The summed E-state index contributed by atoms with van der Waals surface area (Å²) in [6.45, 7) is 2.38. The van der Waals surface area contributed by atoms with Gasteiger partial charge in [0, 0.05) is 27.4 Å². The Morgan fingerprint density at radius 3 is 2.79 bits per heavy atom. The minimum atomic E-state index is -3.47. The summed E-state index contributed by atoms with van der Waals surface area (Å²) in [6.07, 6.45) is 1.52. The molecule has 2 aromatic heterocycles. The van der Waals surface area contributed by atoms with E-state index >= 15 is 0 Å². The van der Waals surface area contributed by atoms with Crippen molar-refractivity contribution < 1.29 is 12.6 Å². The summed E-state index contributed by atoms with van der Waals surface area (Å²) in [4.78, 5) is 5.75. The first kappa shape index (κ1) is 19.3. The minimum absolute atomic E-state index is 0.0881. The first-order chi connectivity index (χ1) is 13.3. The quantitative estimate of drug-likeness (QED) is 0.573. The molecule has 3 heterocycles. The summed E-state index contributed by atoms with van der Waals surface area (Å²) in [5.41, 5.74) is 2.56. The van der Waals surface area contributed by atoms with Crippen LogP contribution in [-0.2, 0) is 27.3 Å². The topological polar surface area (TPSA) is 86.4 Å². The number of aliphatic imine (C=N–C) groups is 1. The maximum absolute atomic E-state index is 11.2. The van der Waals surface area contributed by atoms with Crippen molar-refractivity contribution in [2.75, 3.05) is 12.9 Å². The second-order valence-electron chi connectivity index (χ2n) is 6.35. The van der Waals surface area contributed by atoms with Crippen molar-refractivity contribution in [1.82, 2.24) is 14.8 Å². The molecule has 0 spiro atoms. The summed E-state index contributed by atoms with van der Waals surface area (Å²) in [5, 5.41) is 9.99. The summed E-state index contributed by atoms with van der Waals surface area (Å²) in [6, 6.07) is 9.59. The third-order valence-electron chi connectivity index (χ3n) is 4.27. The highest BCUT2D eigenvalue weighted by Crippen LogP contribution is 2.34. The van der Waals surface area contributed by atoms with Gasteiger partial charge in [-0.2, -0.15) is 8.42 Å². The van der Waals surface area contributed by atoms with E-state index in [2.05, 4.69) is 10.2 Å². The molecule has 0 unspecified atom stereocenters. The van der Waals surface area contributed by atoms with Crippen molar-refractivity contribution in [3.05, 3.63) is 63.0 Å². The van der Waals surface area contributed by atoms with Crippen LogP contribution >= 0.6 is 22.9 Å². The van der Waals surface area contributed by atoms with Crippen LogP contribution in [-0.4, -0.2) is 41.8 Å². The molecule has 146 valence electrons. The van der Waals surface area contributed by atoms with Gasteiger partial charge in [0.05, 0.1) is 18.6 Å². The van der Waals surface area contributed by atoms with Gasteiger partial charge < -0.3 is 0 Å².